The summed E-state index contributed by atoms with van der Waals surface area (Å²) < 4.78 is 24.7. The molecule has 3 rings (SSSR count). The normalized spacial score (nSPS) is 19.1. The Morgan fingerprint density at radius 3 is 2.71 bits per heavy atom. The molecule has 0 spiro atoms. The number of hydrogen-bond acceptors (Lipinski definition) is 3. The summed E-state index contributed by atoms with van der Waals surface area (Å²) >= 11 is 0. The molecule has 0 unspecified atom stereocenters. The van der Waals surface area contributed by atoms with Crippen LogP contribution in [0.1, 0.15) is 12.8 Å². The molecular formula is C17H21N3O3S. The van der Waals surface area contributed by atoms with Crippen LogP contribution in [0.2, 0.25) is 0 Å². The third kappa shape index (κ3) is 3.85. The third-order valence-electron chi connectivity index (χ3n) is 4.23. The van der Waals surface area contributed by atoms with E-state index < -0.39 is 10.0 Å². The molecule has 2 aromatic carbocycles. The van der Waals surface area contributed by atoms with Gasteiger partial charge in [0.1, 0.15) is 0 Å². The van der Waals surface area contributed by atoms with Crippen LogP contribution in [0.3, 0.4) is 0 Å². The first kappa shape index (κ1) is 16.7. The van der Waals surface area contributed by atoms with Gasteiger partial charge in [0.2, 0.25) is 10.0 Å². The first-order valence-corrected chi connectivity index (χ1v) is 9.79. The van der Waals surface area contributed by atoms with Crippen molar-refractivity contribution >= 4 is 32.5 Å². The molecule has 2 aromatic rings. The maximum atomic E-state index is 12.3. The summed E-state index contributed by atoms with van der Waals surface area (Å²) in [5.74, 6) is 0. The maximum Gasteiger partial charge on any atom is 0.319 e. The molecule has 0 aliphatic carbocycles. The first-order chi connectivity index (χ1) is 11.4. The molecule has 1 aliphatic rings. The molecule has 1 fully saturated rings. The number of nitrogens with one attached hydrogen (secondary N) is 2. The largest absolute Gasteiger partial charge is 0.334 e. The smallest absolute Gasteiger partial charge is 0.319 e. The van der Waals surface area contributed by atoms with Crippen LogP contribution >= 0.6 is 0 Å². The molecule has 0 aromatic heterocycles. The highest BCUT2D eigenvalue weighted by Crippen LogP contribution is 2.23. The highest BCUT2D eigenvalue weighted by atomic mass is 32.2. The molecule has 2 amide bonds. The summed E-state index contributed by atoms with van der Waals surface area (Å²) in [6.45, 7) is 0.837. The van der Waals surface area contributed by atoms with Gasteiger partial charge in [-0.1, -0.05) is 36.4 Å². The number of sulfonamides is 1. The molecule has 1 atom stereocenters. The maximum absolute atomic E-state index is 12.3. The van der Waals surface area contributed by atoms with Gasteiger partial charge in [0.15, 0.2) is 0 Å². The molecule has 1 aliphatic heterocycles. The average Bonchev–Trinajstić information content (AvgIpc) is 2.54. The minimum atomic E-state index is -3.22. The van der Waals surface area contributed by atoms with E-state index in [9.17, 15) is 13.2 Å². The number of hydrogen-bond donors (Lipinski definition) is 2. The Hall–Kier alpha value is -2.12. The Morgan fingerprint density at radius 1 is 1.17 bits per heavy atom. The second-order valence-corrected chi connectivity index (χ2v) is 8.07. The van der Waals surface area contributed by atoms with Gasteiger partial charge in [-0.2, -0.15) is 0 Å². The van der Waals surface area contributed by atoms with E-state index in [-0.39, 0.29) is 12.1 Å². The zero-order chi connectivity index (χ0) is 17.2. The minimum absolute atomic E-state index is 0.177. The van der Waals surface area contributed by atoms with E-state index in [0.29, 0.717) is 13.1 Å². The van der Waals surface area contributed by atoms with Gasteiger partial charge in [-0.05, 0) is 24.3 Å². The van der Waals surface area contributed by atoms with Gasteiger partial charge >= 0.3 is 6.03 Å². The van der Waals surface area contributed by atoms with Crippen molar-refractivity contribution in [2.75, 3.05) is 24.7 Å². The monoisotopic (exact) mass is 347 g/mol. The van der Waals surface area contributed by atoms with E-state index in [0.717, 1.165) is 29.3 Å². The van der Waals surface area contributed by atoms with Gasteiger partial charge in [0, 0.05) is 24.5 Å². The number of carbonyl (C=O) groups excluding carboxylic acids is 1. The molecule has 24 heavy (non-hydrogen) atoms. The van der Waals surface area contributed by atoms with Crippen LogP contribution < -0.4 is 10.6 Å². The molecule has 1 saturated heterocycles. The van der Waals surface area contributed by atoms with E-state index in [4.69, 9.17) is 0 Å². The Kier molecular flexibility index (Phi) is 4.73. The van der Waals surface area contributed by atoms with Crippen molar-refractivity contribution in [3.63, 3.8) is 0 Å². The summed E-state index contributed by atoms with van der Waals surface area (Å²) in [6, 6.07) is 13.1. The van der Waals surface area contributed by atoms with Gasteiger partial charge in [-0.3, -0.25) is 0 Å². The number of amides is 2. The van der Waals surface area contributed by atoms with E-state index in [1.54, 1.807) is 0 Å². The Bertz CT molecular complexity index is 846. The summed E-state index contributed by atoms with van der Waals surface area (Å²) in [6.07, 6.45) is 2.72. The number of urea groups is 1. The number of rotatable bonds is 3. The number of piperidine rings is 1. The standard InChI is InChI=1S/C17H21N3O3S/c1-24(22,23)20-11-5-8-14(12-20)18-17(21)19-16-10-4-7-13-6-2-3-9-15(13)16/h2-4,6-7,9-10,14H,5,8,11-12H2,1H3,(H2,18,19,21)/t14-/m1/s1. The Balaban J connectivity index is 1.67. The molecule has 128 valence electrons. The van der Waals surface area contributed by atoms with Gasteiger partial charge in [-0.15, -0.1) is 0 Å². The fraction of sp³-hybridized carbons (Fsp3) is 0.353. The number of fused-ring (bicyclic) bond motifs is 1. The van der Waals surface area contributed by atoms with Crippen molar-refractivity contribution in [2.45, 2.75) is 18.9 Å². The molecule has 2 N–H and O–H groups in total. The van der Waals surface area contributed by atoms with Crippen molar-refractivity contribution in [1.29, 1.82) is 0 Å². The van der Waals surface area contributed by atoms with Crippen LogP contribution in [0.4, 0.5) is 10.5 Å². The number of carbonyl (C=O) groups is 1. The van der Waals surface area contributed by atoms with Crippen molar-refractivity contribution in [3.05, 3.63) is 42.5 Å². The lowest BCUT2D eigenvalue weighted by Gasteiger charge is -2.31. The number of anilines is 1. The van der Waals surface area contributed by atoms with Crippen LogP contribution in [-0.2, 0) is 10.0 Å². The fourth-order valence-electron chi connectivity index (χ4n) is 3.04. The van der Waals surface area contributed by atoms with Crippen LogP contribution in [0.15, 0.2) is 42.5 Å². The zero-order valence-corrected chi connectivity index (χ0v) is 14.3. The van der Waals surface area contributed by atoms with Gasteiger partial charge in [0.25, 0.3) is 0 Å². The fourth-order valence-corrected chi connectivity index (χ4v) is 3.95. The van der Waals surface area contributed by atoms with Crippen molar-refractivity contribution in [2.24, 2.45) is 0 Å². The quantitative estimate of drug-likeness (QED) is 0.895. The third-order valence-corrected chi connectivity index (χ3v) is 5.50. The predicted molar refractivity (Wildman–Crippen MR) is 95.5 cm³/mol. The minimum Gasteiger partial charge on any atom is -0.334 e. The van der Waals surface area contributed by atoms with E-state index >= 15 is 0 Å². The summed E-state index contributed by atoms with van der Waals surface area (Å²) in [7, 11) is -3.22. The van der Waals surface area contributed by atoms with Crippen LogP contribution in [-0.4, -0.2) is 44.1 Å². The Morgan fingerprint density at radius 2 is 1.92 bits per heavy atom. The predicted octanol–water partition coefficient (Wildman–Crippen LogP) is 2.39. The molecule has 0 saturated carbocycles. The summed E-state index contributed by atoms with van der Waals surface area (Å²) in [4.78, 5) is 12.3. The van der Waals surface area contributed by atoms with Crippen molar-refractivity contribution in [1.82, 2.24) is 9.62 Å². The van der Waals surface area contributed by atoms with Crippen LogP contribution in [0.5, 0.6) is 0 Å². The zero-order valence-electron chi connectivity index (χ0n) is 13.5. The second-order valence-electron chi connectivity index (χ2n) is 6.09. The van der Waals surface area contributed by atoms with Crippen molar-refractivity contribution < 1.29 is 13.2 Å². The van der Waals surface area contributed by atoms with E-state index in [2.05, 4.69) is 10.6 Å². The second kappa shape index (κ2) is 6.78. The van der Waals surface area contributed by atoms with Crippen molar-refractivity contribution in [3.8, 4) is 0 Å². The number of benzene rings is 2. The van der Waals surface area contributed by atoms with E-state index in [1.807, 2.05) is 42.5 Å². The molecule has 6 nitrogen and oxygen atoms in total. The lowest BCUT2D eigenvalue weighted by Crippen LogP contribution is -2.50. The molecule has 1 heterocycles. The van der Waals surface area contributed by atoms with Crippen LogP contribution in [0.25, 0.3) is 10.8 Å². The summed E-state index contributed by atoms with van der Waals surface area (Å²) in [5, 5.41) is 7.77. The highest BCUT2D eigenvalue weighted by molar-refractivity contribution is 7.88. The molecule has 7 heteroatoms. The summed E-state index contributed by atoms with van der Waals surface area (Å²) in [5.41, 5.74) is 0.737. The number of nitrogens with zero attached hydrogens (tertiary/aromatic N) is 1. The lowest BCUT2D eigenvalue weighted by molar-refractivity contribution is 0.236. The van der Waals surface area contributed by atoms with Gasteiger partial charge < -0.3 is 10.6 Å². The van der Waals surface area contributed by atoms with Crippen LogP contribution in [0, 0.1) is 0 Å². The average molecular weight is 347 g/mol. The highest BCUT2D eigenvalue weighted by Gasteiger charge is 2.26. The first-order valence-electron chi connectivity index (χ1n) is 7.94. The molecule has 0 bridgehead atoms. The Labute approximate surface area is 141 Å². The SMILES string of the molecule is CS(=O)(=O)N1CCC[C@@H](NC(=O)Nc2cccc3ccccc23)C1. The topological polar surface area (TPSA) is 78.5 Å². The van der Waals surface area contributed by atoms with Gasteiger partial charge in [-0.25, -0.2) is 17.5 Å². The molecular weight excluding hydrogens is 326 g/mol. The lowest BCUT2D eigenvalue weighted by atomic mass is 10.1. The van der Waals surface area contributed by atoms with E-state index in [1.165, 1.54) is 10.6 Å². The molecule has 0 radical (unpaired) electrons. The van der Waals surface area contributed by atoms with Gasteiger partial charge in [0.05, 0.1) is 11.9 Å².